The second-order valence-corrected chi connectivity index (χ2v) is 3.49. The Morgan fingerprint density at radius 3 is 2.81 bits per heavy atom. The zero-order valence-electron chi connectivity index (χ0n) is 7.75. The lowest BCUT2D eigenvalue weighted by atomic mass is 9.99. The quantitative estimate of drug-likeness (QED) is 0.513. The number of nitrogens with two attached hydrogens (primary N) is 1. The normalized spacial score (nSPS) is 23.8. The molecule has 0 aromatic heterocycles. The van der Waals surface area contributed by atoms with Crippen molar-refractivity contribution >= 4 is 29.2 Å². The van der Waals surface area contributed by atoms with Gasteiger partial charge < -0.3 is 5.73 Å². The molecule has 0 saturated carbocycles. The molecule has 1 amide bonds. The van der Waals surface area contributed by atoms with Crippen LogP contribution in [0, 0.1) is 10.1 Å². The largest absolute Gasteiger partial charge is 0.368 e. The first-order chi connectivity index (χ1) is 7.50. The summed E-state index contributed by atoms with van der Waals surface area (Å²) in [5.41, 5.74) is 5.43. The van der Waals surface area contributed by atoms with E-state index in [9.17, 15) is 14.9 Å². The summed E-state index contributed by atoms with van der Waals surface area (Å²) in [5, 5.41) is 10.4. The number of aliphatic imine (C=N–C) groups is 2. The molecular formula is C8H5ClN4O3. The van der Waals surface area contributed by atoms with Crippen molar-refractivity contribution in [3.63, 3.8) is 0 Å². The molecule has 0 saturated heterocycles. The molecule has 1 heterocycles. The highest BCUT2D eigenvalue weighted by Crippen LogP contribution is 2.26. The fourth-order valence-corrected chi connectivity index (χ4v) is 1.73. The Bertz CT molecular complexity index is 517. The van der Waals surface area contributed by atoms with E-state index in [0.29, 0.717) is 0 Å². The first-order valence-corrected chi connectivity index (χ1v) is 4.57. The van der Waals surface area contributed by atoms with Gasteiger partial charge in [-0.3, -0.25) is 14.9 Å². The van der Waals surface area contributed by atoms with E-state index in [2.05, 4.69) is 9.98 Å². The molecule has 0 fully saturated rings. The number of rotatable bonds is 1. The molecule has 8 heteroatoms. The molecule has 82 valence electrons. The van der Waals surface area contributed by atoms with Gasteiger partial charge in [0.2, 0.25) is 5.96 Å². The van der Waals surface area contributed by atoms with Crippen molar-refractivity contribution in [3.8, 4) is 0 Å². The van der Waals surface area contributed by atoms with Gasteiger partial charge >= 0.3 is 0 Å². The molecule has 1 aliphatic carbocycles. The molecule has 1 unspecified atom stereocenters. The summed E-state index contributed by atoms with van der Waals surface area (Å²) in [4.78, 5) is 28.7. The molecule has 2 N–H and O–H groups in total. The Hall–Kier alpha value is -2.02. The van der Waals surface area contributed by atoms with Gasteiger partial charge in [0, 0.05) is 4.92 Å². The molecule has 0 radical (unpaired) electrons. The Kier molecular flexibility index (Phi) is 2.31. The Balaban J connectivity index is 2.55. The maximum absolute atomic E-state index is 11.5. The van der Waals surface area contributed by atoms with Crippen LogP contribution in [0.2, 0.25) is 0 Å². The van der Waals surface area contributed by atoms with Crippen molar-refractivity contribution in [1.29, 1.82) is 0 Å². The van der Waals surface area contributed by atoms with Gasteiger partial charge in [-0.1, -0.05) is 11.6 Å². The van der Waals surface area contributed by atoms with Gasteiger partial charge in [0.05, 0.1) is 11.3 Å². The highest BCUT2D eigenvalue weighted by Gasteiger charge is 2.34. The van der Waals surface area contributed by atoms with Gasteiger partial charge in [0.25, 0.3) is 11.9 Å². The van der Waals surface area contributed by atoms with Crippen molar-refractivity contribution in [3.05, 3.63) is 32.9 Å². The number of carbonyl (C=O) groups is 1. The molecular weight excluding hydrogens is 236 g/mol. The lowest BCUT2D eigenvalue weighted by molar-refractivity contribution is -0.497. The molecule has 7 nitrogen and oxygen atoms in total. The predicted octanol–water partition coefficient (Wildman–Crippen LogP) is -0.00970. The fourth-order valence-electron chi connectivity index (χ4n) is 1.40. The van der Waals surface area contributed by atoms with Crippen molar-refractivity contribution < 1.29 is 9.72 Å². The van der Waals surface area contributed by atoms with Gasteiger partial charge in [-0.05, 0) is 12.2 Å². The molecule has 1 atom stereocenters. The third kappa shape index (κ3) is 1.50. The number of halogens is 1. The van der Waals surface area contributed by atoms with E-state index in [1.54, 1.807) is 0 Å². The van der Waals surface area contributed by atoms with E-state index in [-0.39, 0.29) is 22.3 Å². The first kappa shape index (κ1) is 10.5. The number of carbonyl (C=O) groups excluding carboxylic acids is 1. The summed E-state index contributed by atoms with van der Waals surface area (Å²) in [6.07, 6.45) is 2.59. The standard InChI is InChI=1S/C8H5ClN4O3/c9-6-4(13(15)16)2-1-3-5(6)7(14)12-8(10)11-3/h1-2,4H,(H2,10,12,14). The van der Waals surface area contributed by atoms with Crippen LogP contribution < -0.4 is 5.73 Å². The second-order valence-electron chi connectivity index (χ2n) is 3.08. The topological polar surface area (TPSA) is 111 Å². The average molecular weight is 241 g/mol. The summed E-state index contributed by atoms with van der Waals surface area (Å²) in [6.45, 7) is 0. The van der Waals surface area contributed by atoms with Crippen LogP contribution in [0.25, 0.3) is 0 Å². The van der Waals surface area contributed by atoms with Gasteiger partial charge in [0.15, 0.2) is 0 Å². The van der Waals surface area contributed by atoms with Crippen LogP contribution in [0.5, 0.6) is 0 Å². The Morgan fingerprint density at radius 1 is 1.50 bits per heavy atom. The zero-order valence-corrected chi connectivity index (χ0v) is 8.51. The highest BCUT2D eigenvalue weighted by atomic mass is 35.5. The van der Waals surface area contributed by atoms with Gasteiger partial charge in [-0.15, -0.1) is 0 Å². The SMILES string of the molecule is NC1=NC(=O)C2=C(Cl)C([N+](=O)[O-])C=CC2=N1. The Labute approximate surface area is 94.2 Å². The monoisotopic (exact) mass is 240 g/mol. The minimum Gasteiger partial charge on any atom is -0.368 e. The molecule has 2 aliphatic rings. The first-order valence-electron chi connectivity index (χ1n) is 4.19. The number of amides is 1. The number of allylic oxidation sites excluding steroid dienone is 1. The summed E-state index contributed by atoms with van der Waals surface area (Å²) < 4.78 is 0. The molecule has 1 aliphatic heterocycles. The van der Waals surface area contributed by atoms with E-state index >= 15 is 0 Å². The van der Waals surface area contributed by atoms with E-state index in [0.717, 1.165) is 0 Å². The van der Waals surface area contributed by atoms with Crippen LogP contribution in [0.1, 0.15) is 0 Å². The number of hydrogen-bond donors (Lipinski definition) is 1. The maximum Gasteiger partial charge on any atom is 0.283 e. The smallest absolute Gasteiger partial charge is 0.283 e. The van der Waals surface area contributed by atoms with E-state index in [1.807, 2.05) is 0 Å². The molecule has 0 aromatic carbocycles. The van der Waals surface area contributed by atoms with Crippen LogP contribution in [0.4, 0.5) is 0 Å². The number of fused-ring (bicyclic) bond motifs is 1. The zero-order chi connectivity index (χ0) is 11.9. The maximum atomic E-state index is 11.5. The van der Waals surface area contributed by atoms with Crippen LogP contribution in [0.3, 0.4) is 0 Å². The van der Waals surface area contributed by atoms with Crippen molar-refractivity contribution in [2.45, 2.75) is 6.04 Å². The average Bonchev–Trinajstić information content (AvgIpc) is 2.15. The number of hydrogen-bond acceptors (Lipinski definition) is 5. The lowest BCUT2D eigenvalue weighted by Gasteiger charge is -2.16. The van der Waals surface area contributed by atoms with E-state index in [1.165, 1.54) is 12.2 Å². The molecule has 2 rings (SSSR count). The summed E-state index contributed by atoms with van der Waals surface area (Å²) >= 11 is 5.77. The van der Waals surface area contributed by atoms with Crippen molar-refractivity contribution in [2.24, 2.45) is 15.7 Å². The van der Waals surface area contributed by atoms with Gasteiger partial charge in [-0.25, -0.2) is 4.99 Å². The Morgan fingerprint density at radius 2 is 2.19 bits per heavy atom. The van der Waals surface area contributed by atoms with Crippen molar-refractivity contribution in [2.75, 3.05) is 0 Å². The number of guanidine groups is 1. The molecule has 0 aromatic rings. The van der Waals surface area contributed by atoms with Crippen molar-refractivity contribution in [1.82, 2.24) is 0 Å². The predicted molar refractivity (Wildman–Crippen MR) is 56.9 cm³/mol. The summed E-state index contributed by atoms with van der Waals surface area (Å²) in [5.74, 6) is -0.888. The van der Waals surface area contributed by atoms with E-state index in [4.69, 9.17) is 17.3 Å². The van der Waals surface area contributed by atoms with E-state index < -0.39 is 16.9 Å². The highest BCUT2D eigenvalue weighted by molar-refractivity contribution is 6.42. The fraction of sp³-hybridized carbons (Fsp3) is 0.125. The summed E-state index contributed by atoms with van der Waals surface area (Å²) in [7, 11) is 0. The number of nitrogens with zero attached hydrogens (tertiary/aromatic N) is 3. The van der Waals surface area contributed by atoms with Gasteiger partial charge in [0.1, 0.15) is 5.03 Å². The van der Waals surface area contributed by atoms with Crippen LogP contribution in [-0.4, -0.2) is 28.5 Å². The minimum absolute atomic E-state index is 0.0555. The molecule has 0 bridgehead atoms. The summed E-state index contributed by atoms with van der Waals surface area (Å²) in [6, 6.07) is -1.23. The number of nitro groups is 1. The molecule has 0 spiro atoms. The van der Waals surface area contributed by atoms with Crippen LogP contribution in [-0.2, 0) is 4.79 Å². The van der Waals surface area contributed by atoms with Gasteiger partial charge in [-0.2, -0.15) is 4.99 Å². The van der Waals surface area contributed by atoms with Crippen LogP contribution >= 0.6 is 11.6 Å². The second kappa shape index (κ2) is 3.53. The lowest BCUT2D eigenvalue weighted by Crippen LogP contribution is -2.30. The third-order valence-electron chi connectivity index (χ3n) is 2.08. The molecule has 16 heavy (non-hydrogen) atoms. The van der Waals surface area contributed by atoms with Crippen LogP contribution in [0.15, 0.2) is 32.7 Å². The minimum atomic E-state index is -1.23. The third-order valence-corrected chi connectivity index (χ3v) is 2.50.